The number of amides is 1. The maximum absolute atomic E-state index is 10.4. The molecular formula is C6H12N2O2. The van der Waals surface area contributed by atoms with Crippen LogP contribution in [0.3, 0.4) is 0 Å². The Hall–Kier alpha value is -0.610. The van der Waals surface area contributed by atoms with Crippen molar-refractivity contribution in [1.82, 2.24) is 5.32 Å². The summed E-state index contributed by atoms with van der Waals surface area (Å²) in [6, 6.07) is -0.113. The van der Waals surface area contributed by atoms with Gasteiger partial charge in [0.15, 0.2) is 0 Å². The van der Waals surface area contributed by atoms with E-state index in [9.17, 15) is 4.79 Å². The van der Waals surface area contributed by atoms with E-state index < -0.39 is 12.0 Å². The second-order valence-corrected chi connectivity index (χ2v) is 2.55. The van der Waals surface area contributed by atoms with Crippen LogP contribution in [0, 0.1) is 0 Å². The van der Waals surface area contributed by atoms with E-state index in [0.29, 0.717) is 0 Å². The van der Waals surface area contributed by atoms with Crippen LogP contribution in [0.25, 0.3) is 0 Å². The molecule has 1 saturated heterocycles. The molecule has 0 aromatic heterocycles. The molecular weight excluding hydrogens is 132 g/mol. The minimum atomic E-state index is -1.01. The molecule has 58 valence electrons. The number of hydrogen-bond acceptors (Lipinski definition) is 3. The van der Waals surface area contributed by atoms with Crippen LogP contribution in [0.1, 0.15) is 12.8 Å². The van der Waals surface area contributed by atoms with Crippen LogP contribution in [0.15, 0.2) is 0 Å². The molecule has 1 rings (SSSR count). The minimum absolute atomic E-state index is 0.113. The zero-order valence-electron chi connectivity index (χ0n) is 5.71. The van der Waals surface area contributed by atoms with Gasteiger partial charge in [-0.25, -0.2) is 0 Å². The third-order valence-electron chi connectivity index (χ3n) is 1.77. The van der Waals surface area contributed by atoms with Crippen molar-refractivity contribution >= 4 is 5.91 Å². The Morgan fingerprint density at radius 2 is 2.50 bits per heavy atom. The molecule has 4 N–H and O–H groups in total. The molecule has 2 unspecified atom stereocenters. The van der Waals surface area contributed by atoms with Gasteiger partial charge in [0.1, 0.15) is 6.10 Å². The Morgan fingerprint density at radius 1 is 1.80 bits per heavy atom. The van der Waals surface area contributed by atoms with E-state index in [0.717, 1.165) is 19.4 Å². The predicted molar refractivity (Wildman–Crippen MR) is 36.2 cm³/mol. The van der Waals surface area contributed by atoms with Gasteiger partial charge in [0.25, 0.3) is 0 Å². The maximum Gasteiger partial charge on any atom is 0.247 e. The topological polar surface area (TPSA) is 75.4 Å². The molecule has 1 fully saturated rings. The summed E-state index contributed by atoms with van der Waals surface area (Å²) < 4.78 is 0. The monoisotopic (exact) mass is 144 g/mol. The average Bonchev–Trinajstić information content (AvgIpc) is 2.36. The molecule has 4 heteroatoms. The van der Waals surface area contributed by atoms with Crippen LogP contribution in [-0.4, -0.2) is 29.7 Å². The summed E-state index contributed by atoms with van der Waals surface area (Å²) in [6.07, 6.45) is 0.835. The summed E-state index contributed by atoms with van der Waals surface area (Å²) >= 11 is 0. The molecule has 0 radical (unpaired) electrons. The van der Waals surface area contributed by atoms with Crippen LogP contribution in [0.5, 0.6) is 0 Å². The first kappa shape index (κ1) is 7.50. The number of primary amides is 1. The molecule has 0 aliphatic carbocycles. The van der Waals surface area contributed by atoms with Gasteiger partial charge in [0, 0.05) is 6.04 Å². The number of nitrogens with one attached hydrogen (secondary N) is 1. The van der Waals surface area contributed by atoms with Gasteiger partial charge in [-0.1, -0.05) is 0 Å². The van der Waals surface area contributed by atoms with E-state index in [-0.39, 0.29) is 6.04 Å². The second-order valence-electron chi connectivity index (χ2n) is 2.55. The summed E-state index contributed by atoms with van der Waals surface area (Å²) in [5.74, 6) is -0.639. The summed E-state index contributed by atoms with van der Waals surface area (Å²) in [5, 5.41) is 12.1. The van der Waals surface area contributed by atoms with Gasteiger partial charge in [-0.2, -0.15) is 0 Å². The molecule has 0 aromatic carbocycles. The molecule has 2 atom stereocenters. The van der Waals surface area contributed by atoms with E-state index in [4.69, 9.17) is 10.8 Å². The largest absolute Gasteiger partial charge is 0.382 e. The highest BCUT2D eigenvalue weighted by atomic mass is 16.3. The highest BCUT2D eigenvalue weighted by Crippen LogP contribution is 2.08. The van der Waals surface area contributed by atoms with Crippen molar-refractivity contribution in [3.63, 3.8) is 0 Å². The predicted octanol–water partition coefficient (Wildman–Crippen LogP) is -1.42. The van der Waals surface area contributed by atoms with Crippen molar-refractivity contribution < 1.29 is 9.90 Å². The average molecular weight is 144 g/mol. The second kappa shape index (κ2) is 2.98. The summed E-state index contributed by atoms with van der Waals surface area (Å²) in [4.78, 5) is 10.4. The lowest BCUT2D eigenvalue weighted by atomic mass is 10.1. The van der Waals surface area contributed by atoms with Crippen LogP contribution < -0.4 is 11.1 Å². The van der Waals surface area contributed by atoms with Crippen molar-refractivity contribution in [2.45, 2.75) is 25.0 Å². The molecule has 1 heterocycles. The molecule has 1 amide bonds. The van der Waals surface area contributed by atoms with Crippen molar-refractivity contribution in [1.29, 1.82) is 0 Å². The van der Waals surface area contributed by atoms with E-state index in [2.05, 4.69) is 5.32 Å². The fourth-order valence-electron chi connectivity index (χ4n) is 1.18. The fraction of sp³-hybridized carbons (Fsp3) is 0.833. The SMILES string of the molecule is NC(=O)C(O)C1CCCN1. The normalized spacial score (nSPS) is 28.3. The lowest BCUT2D eigenvalue weighted by Crippen LogP contribution is -2.43. The Morgan fingerprint density at radius 3 is 2.90 bits per heavy atom. The van der Waals surface area contributed by atoms with Gasteiger partial charge in [-0.3, -0.25) is 4.79 Å². The standard InChI is InChI=1S/C6H12N2O2/c7-6(10)5(9)4-2-1-3-8-4/h4-5,8-9H,1-3H2,(H2,7,10). The van der Waals surface area contributed by atoms with Gasteiger partial charge in [-0.05, 0) is 19.4 Å². The summed E-state index contributed by atoms with van der Waals surface area (Å²) in [5.41, 5.74) is 4.89. The van der Waals surface area contributed by atoms with Gasteiger partial charge in [0.05, 0.1) is 0 Å². The Labute approximate surface area is 59.4 Å². The number of aliphatic hydroxyl groups excluding tert-OH is 1. The van der Waals surface area contributed by atoms with Crippen molar-refractivity contribution in [2.75, 3.05) is 6.54 Å². The number of aliphatic hydroxyl groups is 1. The molecule has 1 aliphatic rings. The van der Waals surface area contributed by atoms with Crippen LogP contribution in [0.4, 0.5) is 0 Å². The highest BCUT2D eigenvalue weighted by Gasteiger charge is 2.26. The first-order valence-corrected chi connectivity index (χ1v) is 3.42. The van der Waals surface area contributed by atoms with Gasteiger partial charge >= 0.3 is 0 Å². The van der Waals surface area contributed by atoms with E-state index in [1.165, 1.54) is 0 Å². The highest BCUT2D eigenvalue weighted by molar-refractivity contribution is 5.79. The van der Waals surface area contributed by atoms with Gasteiger partial charge < -0.3 is 16.2 Å². The minimum Gasteiger partial charge on any atom is -0.382 e. The molecule has 0 bridgehead atoms. The summed E-state index contributed by atoms with van der Waals surface area (Å²) in [6.45, 7) is 0.870. The first-order valence-electron chi connectivity index (χ1n) is 3.42. The van der Waals surface area contributed by atoms with E-state index >= 15 is 0 Å². The zero-order valence-corrected chi connectivity index (χ0v) is 5.71. The molecule has 4 nitrogen and oxygen atoms in total. The molecule has 0 spiro atoms. The number of hydrogen-bond donors (Lipinski definition) is 3. The fourth-order valence-corrected chi connectivity index (χ4v) is 1.18. The van der Waals surface area contributed by atoms with Crippen molar-refractivity contribution in [3.05, 3.63) is 0 Å². The van der Waals surface area contributed by atoms with Crippen molar-refractivity contribution in [2.24, 2.45) is 5.73 Å². The van der Waals surface area contributed by atoms with E-state index in [1.807, 2.05) is 0 Å². The molecule has 10 heavy (non-hydrogen) atoms. The number of nitrogens with two attached hydrogens (primary N) is 1. The Balaban J connectivity index is 2.39. The summed E-state index contributed by atoms with van der Waals surface area (Å²) in [7, 11) is 0. The number of carbonyl (C=O) groups excluding carboxylic acids is 1. The number of carbonyl (C=O) groups is 1. The smallest absolute Gasteiger partial charge is 0.247 e. The van der Waals surface area contributed by atoms with Crippen LogP contribution in [0.2, 0.25) is 0 Å². The maximum atomic E-state index is 10.4. The lowest BCUT2D eigenvalue weighted by Gasteiger charge is -2.13. The molecule has 0 saturated carbocycles. The zero-order chi connectivity index (χ0) is 7.56. The van der Waals surface area contributed by atoms with Gasteiger partial charge in [0.2, 0.25) is 5.91 Å². The third kappa shape index (κ3) is 1.46. The molecule has 0 aromatic rings. The lowest BCUT2D eigenvalue weighted by molar-refractivity contribution is -0.127. The van der Waals surface area contributed by atoms with E-state index in [1.54, 1.807) is 0 Å². The number of rotatable bonds is 2. The quantitative estimate of drug-likeness (QED) is 0.445. The Bertz CT molecular complexity index is 132. The van der Waals surface area contributed by atoms with Crippen LogP contribution >= 0.6 is 0 Å². The third-order valence-corrected chi connectivity index (χ3v) is 1.77. The van der Waals surface area contributed by atoms with Crippen LogP contribution in [-0.2, 0) is 4.79 Å². The molecule has 1 aliphatic heterocycles. The first-order chi connectivity index (χ1) is 4.72. The van der Waals surface area contributed by atoms with Crippen molar-refractivity contribution in [3.8, 4) is 0 Å². The van der Waals surface area contributed by atoms with Gasteiger partial charge in [-0.15, -0.1) is 0 Å². The Kier molecular flexibility index (Phi) is 2.24.